The smallest absolute Gasteiger partial charge is 0.262 e. The first-order chi connectivity index (χ1) is 14.3. The highest BCUT2D eigenvalue weighted by atomic mass is 35.5. The molecule has 0 atom stereocenters. The molecule has 0 fully saturated rings. The van der Waals surface area contributed by atoms with Crippen molar-refractivity contribution < 1.29 is 9.18 Å². The van der Waals surface area contributed by atoms with Crippen LogP contribution >= 0.6 is 11.6 Å². The number of nitrogens with zero attached hydrogens (tertiary/aromatic N) is 1. The maximum Gasteiger partial charge on any atom is 0.262 e. The zero-order chi connectivity index (χ0) is 21.4. The monoisotopic (exact) mass is 420 g/mol. The number of nitrogens with one attached hydrogen (secondary N) is 1. The maximum absolute atomic E-state index is 13.3. The quantitative estimate of drug-likeness (QED) is 0.465. The molecule has 4 aromatic rings. The number of aromatic nitrogens is 1. The summed E-state index contributed by atoms with van der Waals surface area (Å²) in [5, 5.41) is 3.76. The molecule has 0 radical (unpaired) electrons. The summed E-state index contributed by atoms with van der Waals surface area (Å²) in [7, 11) is 0. The standard InChI is InChI=1S/C24H18ClFN2O2/c1-14-7-9-17(11-15(14)2)28-13-20(18-5-3-4-6-19(18)24(28)30)23(29)27-22-10-8-16(26)12-21(22)25/h3-13H,1-2H3,(H,27,29). The van der Waals surface area contributed by atoms with Crippen molar-refractivity contribution in [2.24, 2.45) is 0 Å². The van der Waals surface area contributed by atoms with Gasteiger partial charge in [-0.1, -0.05) is 35.9 Å². The number of fused-ring (bicyclic) bond motifs is 1. The number of hydrogen-bond acceptors (Lipinski definition) is 2. The second-order valence-corrected chi connectivity index (χ2v) is 7.52. The Morgan fingerprint density at radius 3 is 2.40 bits per heavy atom. The molecule has 0 aliphatic rings. The van der Waals surface area contributed by atoms with Gasteiger partial charge < -0.3 is 5.32 Å². The van der Waals surface area contributed by atoms with Gasteiger partial charge in [0.15, 0.2) is 0 Å². The van der Waals surface area contributed by atoms with Crippen LogP contribution in [-0.2, 0) is 0 Å². The van der Waals surface area contributed by atoms with Crippen LogP contribution in [0.2, 0.25) is 5.02 Å². The Balaban J connectivity index is 1.88. The second kappa shape index (κ2) is 7.76. The normalized spacial score (nSPS) is 10.9. The fraction of sp³-hybridized carbons (Fsp3) is 0.0833. The van der Waals surface area contributed by atoms with Crippen LogP contribution in [0.15, 0.2) is 71.7 Å². The summed E-state index contributed by atoms with van der Waals surface area (Å²) in [5.41, 5.74) is 3.20. The zero-order valence-electron chi connectivity index (χ0n) is 16.4. The first-order valence-corrected chi connectivity index (χ1v) is 9.71. The minimum absolute atomic E-state index is 0.0927. The van der Waals surface area contributed by atoms with Crippen molar-refractivity contribution in [2.45, 2.75) is 13.8 Å². The minimum Gasteiger partial charge on any atom is -0.321 e. The fourth-order valence-corrected chi connectivity index (χ4v) is 3.53. The van der Waals surface area contributed by atoms with Crippen LogP contribution in [0.25, 0.3) is 16.5 Å². The summed E-state index contributed by atoms with van der Waals surface area (Å²) in [5.74, 6) is -0.941. The van der Waals surface area contributed by atoms with Gasteiger partial charge in [-0.2, -0.15) is 0 Å². The molecule has 1 amide bonds. The third-order valence-corrected chi connectivity index (χ3v) is 5.43. The van der Waals surface area contributed by atoms with Gasteiger partial charge in [-0.3, -0.25) is 14.2 Å². The van der Waals surface area contributed by atoms with Gasteiger partial charge in [0.25, 0.3) is 11.5 Å². The summed E-state index contributed by atoms with van der Waals surface area (Å²) in [6.45, 7) is 3.96. The Labute approximate surface area is 177 Å². The van der Waals surface area contributed by atoms with E-state index in [2.05, 4.69) is 5.32 Å². The van der Waals surface area contributed by atoms with Crippen molar-refractivity contribution in [3.8, 4) is 5.69 Å². The molecule has 30 heavy (non-hydrogen) atoms. The van der Waals surface area contributed by atoms with Crippen LogP contribution in [0.3, 0.4) is 0 Å². The average Bonchev–Trinajstić information content (AvgIpc) is 2.72. The van der Waals surface area contributed by atoms with Crippen LogP contribution in [-0.4, -0.2) is 10.5 Å². The molecular formula is C24H18ClFN2O2. The zero-order valence-corrected chi connectivity index (χ0v) is 17.1. The van der Waals surface area contributed by atoms with Crippen LogP contribution in [0.5, 0.6) is 0 Å². The second-order valence-electron chi connectivity index (χ2n) is 7.11. The molecule has 0 unspecified atom stereocenters. The lowest BCUT2D eigenvalue weighted by atomic mass is 10.1. The number of rotatable bonds is 3. The van der Waals surface area contributed by atoms with Crippen molar-refractivity contribution in [3.05, 3.63) is 105 Å². The average molecular weight is 421 g/mol. The molecule has 3 aromatic carbocycles. The maximum atomic E-state index is 13.3. The number of aryl methyl sites for hydroxylation is 2. The largest absolute Gasteiger partial charge is 0.321 e. The summed E-state index contributed by atoms with van der Waals surface area (Å²) in [6.07, 6.45) is 1.53. The highest BCUT2D eigenvalue weighted by Gasteiger charge is 2.17. The van der Waals surface area contributed by atoms with Gasteiger partial charge in [0.1, 0.15) is 5.82 Å². The molecule has 0 aliphatic carbocycles. The van der Waals surface area contributed by atoms with Gasteiger partial charge in [0.05, 0.1) is 16.3 Å². The minimum atomic E-state index is -0.494. The predicted molar refractivity (Wildman–Crippen MR) is 118 cm³/mol. The van der Waals surface area contributed by atoms with Crippen LogP contribution in [0.4, 0.5) is 10.1 Å². The van der Waals surface area contributed by atoms with Crippen LogP contribution in [0, 0.1) is 19.7 Å². The molecule has 0 saturated carbocycles. The molecule has 1 heterocycles. The van der Waals surface area contributed by atoms with E-state index in [1.807, 2.05) is 32.0 Å². The highest BCUT2D eigenvalue weighted by molar-refractivity contribution is 6.34. The molecule has 6 heteroatoms. The number of carbonyl (C=O) groups is 1. The summed E-state index contributed by atoms with van der Waals surface area (Å²) in [6, 6.07) is 16.4. The van der Waals surface area contributed by atoms with E-state index in [1.165, 1.54) is 22.9 Å². The third kappa shape index (κ3) is 3.60. The van der Waals surface area contributed by atoms with Crippen molar-refractivity contribution in [2.75, 3.05) is 5.32 Å². The topological polar surface area (TPSA) is 51.1 Å². The summed E-state index contributed by atoms with van der Waals surface area (Å²) in [4.78, 5) is 26.2. The summed E-state index contributed by atoms with van der Waals surface area (Å²) >= 11 is 6.05. The molecule has 0 bridgehead atoms. The molecule has 4 nitrogen and oxygen atoms in total. The number of halogens is 2. The SMILES string of the molecule is Cc1ccc(-n2cc(C(=O)Nc3ccc(F)cc3Cl)c3ccccc3c2=O)cc1C. The van der Waals surface area contributed by atoms with Crippen molar-refractivity contribution in [3.63, 3.8) is 0 Å². The lowest BCUT2D eigenvalue weighted by molar-refractivity contribution is 0.102. The first kappa shape index (κ1) is 19.9. The fourth-order valence-electron chi connectivity index (χ4n) is 3.32. The van der Waals surface area contributed by atoms with E-state index >= 15 is 0 Å². The van der Waals surface area contributed by atoms with Crippen molar-refractivity contribution >= 4 is 34.0 Å². The van der Waals surface area contributed by atoms with Crippen molar-refractivity contribution in [1.82, 2.24) is 4.57 Å². The molecule has 1 aromatic heterocycles. The lowest BCUT2D eigenvalue weighted by Gasteiger charge is -2.14. The van der Waals surface area contributed by atoms with Gasteiger partial charge in [0, 0.05) is 22.7 Å². The van der Waals surface area contributed by atoms with Gasteiger partial charge in [-0.25, -0.2) is 4.39 Å². The van der Waals surface area contributed by atoms with E-state index < -0.39 is 11.7 Å². The van der Waals surface area contributed by atoms with E-state index in [0.717, 1.165) is 17.2 Å². The molecule has 0 saturated heterocycles. The third-order valence-electron chi connectivity index (χ3n) is 5.12. The van der Waals surface area contributed by atoms with Crippen molar-refractivity contribution in [1.29, 1.82) is 0 Å². The lowest BCUT2D eigenvalue weighted by Crippen LogP contribution is -2.23. The number of carbonyl (C=O) groups excluding carboxylic acids is 1. The van der Waals surface area contributed by atoms with Gasteiger partial charge in [-0.15, -0.1) is 0 Å². The highest BCUT2D eigenvalue weighted by Crippen LogP contribution is 2.25. The number of benzene rings is 3. The van der Waals surface area contributed by atoms with E-state index in [-0.39, 0.29) is 16.3 Å². The number of hydrogen-bond donors (Lipinski definition) is 1. The summed E-state index contributed by atoms with van der Waals surface area (Å²) < 4.78 is 14.8. The van der Waals surface area contributed by atoms with Gasteiger partial charge in [0.2, 0.25) is 0 Å². The molecule has 0 spiro atoms. The molecular weight excluding hydrogens is 403 g/mol. The van der Waals surface area contributed by atoms with E-state index in [0.29, 0.717) is 22.0 Å². The Morgan fingerprint density at radius 1 is 0.967 bits per heavy atom. The van der Waals surface area contributed by atoms with Gasteiger partial charge >= 0.3 is 0 Å². The van der Waals surface area contributed by atoms with Gasteiger partial charge in [-0.05, 0) is 61.4 Å². The molecule has 4 rings (SSSR count). The first-order valence-electron chi connectivity index (χ1n) is 9.33. The van der Waals surface area contributed by atoms with E-state index in [4.69, 9.17) is 11.6 Å². The molecule has 150 valence electrons. The Morgan fingerprint density at radius 2 is 1.70 bits per heavy atom. The van der Waals surface area contributed by atoms with Crippen LogP contribution < -0.4 is 10.9 Å². The predicted octanol–water partition coefficient (Wildman–Crippen LogP) is 5.65. The Kier molecular flexibility index (Phi) is 5.14. The molecule has 1 N–H and O–H groups in total. The number of pyridine rings is 1. The van der Waals surface area contributed by atoms with E-state index in [9.17, 15) is 14.0 Å². The Bertz CT molecular complexity index is 1360. The Hall–Kier alpha value is -3.44. The number of anilines is 1. The van der Waals surface area contributed by atoms with Crippen LogP contribution in [0.1, 0.15) is 21.5 Å². The molecule has 0 aliphatic heterocycles. The number of amides is 1. The van der Waals surface area contributed by atoms with E-state index in [1.54, 1.807) is 24.3 Å².